The molecular formula is C34H39F3O3. The first kappa shape index (κ1) is 29.9. The maximum Gasteiger partial charge on any atom is 0.201 e. The van der Waals surface area contributed by atoms with Gasteiger partial charge in [-0.2, -0.15) is 4.39 Å². The third kappa shape index (κ3) is 7.76. The van der Waals surface area contributed by atoms with Crippen LogP contribution in [0.1, 0.15) is 69.8 Å². The van der Waals surface area contributed by atoms with Crippen molar-refractivity contribution < 1.29 is 27.4 Å². The molecule has 3 aromatic carbocycles. The first-order valence-corrected chi connectivity index (χ1v) is 14.4. The number of rotatable bonds is 14. The summed E-state index contributed by atoms with van der Waals surface area (Å²) in [6.45, 7) is 7.13. The van der Waals surface area contributed by atoms with Crippen LogP contribution in [0, 0.1) is 17.5 Å². The fourth-order valence-electron chi connectivity index (χ4n) is 4.94. The fraction of sp³-hybridized carbons (Fsp3) is 0.412. The van der Waals surface area contributed by atoms with Gasteiger partial charge in [0.2, 0.25) is 5.82 Å². The molecule has 1 saturated heterocycles. The number of unbranched alkanes of at least 4 members (excludes halogenated alkanes) is 5. The highest BCUT2D eigenvalue weighted by atomic mass is 19.2. The van der Waals surface area contributed by atoms with E-state index in [4.69, 9.17) is 14.2 Å². The zero-order valence-electron chi connectivity index (χ0n) is 23.3. The molecule has 0 unspecified atom stereocenters. The quantitative estimate of drug-likeness (QED) is 0.147. The van der Waals surface area contributed by atoms with Crippen molar-refractivity contribution in [2.45, 2.75) is 70.5 Å². The number of ether oxygens (including phenoxy) is 3. The van der Waals surface area contributed by atoms with Gasteiger partial charge in [-0.3, -0.25) is 0 Å². The molecular weight excluding hydrogens is 513 g/mol. The Morgan fingerprint density at radius 1 is 0.825 bits per heavy atom. The van der Waals surface area contributed by atoms with Crippen LogP contribution >= 0.6 is 0 Å². The molecule has 1 aliphatic rings. The Morgan fingerprint density at radius 2 is 1.50 bits per heavy atom. The van der Waals surface area contributed by atoms with Crippen LogP contribution in [0.25, 0.3) is 22.3 Å². The summed E-state index contributed by atoms with van der Waals surface area (Å²) in [4.78, 5) is 0. The van der Waals surface area contributed by atoms with E-state index in [9.17, 15) is 8.78 Å². The van der Waals surface area contributed by atoms with Crippen molar-refractivity contribution in [2.24, 2.45) is 0 Å². The molecule has 6 heteroatoms. The Kier molecular flexibility index (Phi) is 11.2. The second kappa shape index (κ2) is 15.1. The molecule has 0 atom stereocenters. The van der Waals surface area contributed by atoms with E-state index in [1.165, 1.54) is 43.9 Å². The number of allylic oxidation sites excluding steroid dienone is 1. The lowest BCUT2D eigenvalue weighted by Crippen LogP contribution is -2.30. The van der Waals surface area contributed by atoms with Crippen LogP contribution in [0.15, 0.2) is 67.3 Å². The van der Waals surface area contributed by atoms with Crippen molar-refractivity contribution in [1.29, 1.82) is 0 Å². The summed E-state index contributed by atoms with van der Waals surface area (Å²) in [5, 5.41) is 0. The van der Waals surface area contributed by atoms with Gasteiger partial charge >= 0.3 is 0 Å². The van der Waals surface area contributed by atoms with E-state index in [2.05, 4.69) is 13.5 Å². The number of hydrogen-bond acceptors (Lipinski definition) is 3. The zero-order chi connectivity index (χ0) is 28.3. The van der Waals surface area contributed by atoms with Gasteiger partial charge in [0, 0.05) is 17.0 Å². The molecule has 0 saturated carbocycles. The fourth-order valence-corrected chi connectivity index (χ4v) is 4.94. The summed E-state index contributed by atoms with van der Waals surface area (Å²) in [5.74, 6) is -2.47. The number of hydrogen-bond donors (Lipinski definition) is 0. The third-order valence-corrected chi connectivity index (χ3v) is 7.34. The van der Waals surface area contributed by atoms with Crippen molar-refractivity contribution in [3.05, 3.63) is 90.3 Å². The van der Waals surface area contributed by atoms with E-state index in [1.807, 2.05) is 6.07 Å². The topological polar surface area (TPSA) is 27.7 Å². The molecule has 0 spiro atoms. The maximum absolute atomic E-state index is 15.2. The minimum atomic E-state index is -1.02. The van der Waals surface area contributed by atoms with Gasteiger partial charge < -0.3 is 14.2 Å². The molecule has 0 aromatic heterocycles. The lowest BCUT2D eigenvalue weighted by molar-refractivity contribution is -0.190. The maximum atomic E-state index is 15.2. The molecule has 0 amide bonds. The summed E-state index contributed by atoms with van der Waals surface area (Å²) in [6.07, 6.45) is 9.90. The minimum Gasteiger partial charge on any atom is -0.490 e. The second-order valence-corrected chi connectivity index (χ2v) is 10.3. The summed E-state index contributed by atoms with van der Waals surface area (Å²) in [7, 11) is 0. The zero-order valence-corrected chi connectivity index (χ0v) is 23.3. The van der Waals surface area contributed by atoms with E-state index < -0.39 is 11.6 Å². The predicted molar refractivity (Wildman–Crippen MR) is 154 cm³/mol. The van der Waals surface area contributed by atoms with Crippen LogP contribution in [-0.2, 0) is 9.47 Å². The molecule has 0 N–H and O–H groups in total. The van der Waals surface area contributed by atoms with Crippen molar-refractivity contribution >= 4 is 0 Å². The monoisotopic (exact) mass is 552 g/mol. The first-order valence-electron chi connectivity index (χ1n) is 14.4. The first-order chi connectivity index (χ1) is 19.5. The number of benzene rings is 3. The van der Waals surface area contributed by atoms with Gasteiger partial charge in [-0.1, -0.05) is 75.1 Å². The Hall–Kier alpha value is -3.09. The second-order valence-electron chi connectivity index (χ2n) is 10.3. The predicted octanol–water partition coefficient (Wildman–Crippen LogP) is 9.60. The molecule has 3 nitrogen and oxygen atoms in total. The van der Waals surface area contributed by atoms with Crippen LogP contribution in [0.4, 0.5) is 13.2 Å². The highest BCUT2D eigenvalue weighted by Gasteiger charge is 2.24. The van der Waals surface area contributed by atoms with Gasteiger partial charge in [-0.25, -0.2) is 8.78 Å². The van der Waals surface area contributed by atoms with E-state index in [0.29, 0.717) is 36.3 Å². The van der Waals surface area contributed by atoms with Crippen molar-refractivity contribution in [1.82, 2.24) is 0 Å². The number of halogens is 3. The Labute approximate surface area is 236 Å². The average molecular weight is 553 g/mol. The third-order valence-electron chi connectivity index (χ3n) is 7.34. The Morgan fingerprint density at radius 3 is 2.17 bits per heavy atom. The summed E-state index contributed by atoms with van der Waals surface area (Å²) < 4.78 is 61.7. The van der Waals surface area contributed by atoms with Gasteiger partial charge in [0.25, 0.3) is 0 Å². The molecule has 1 fully saturated rings. The standard InChI is InChI=1S/C34H39F3O3/c1-3-5-7-8-9-11-32-39-22-27(23-40-32)26-16-17-28(30(35)21-26)24-12-14-25(15-13-24)29-18-19-31(34(37)33(29)36)38-20-10-6-4-2/h4,12-19,21,27,32H,2-3,5-11,20,22-23H2,1H3. The minimum absolute atomic E-state index is 0.0194. The molecule has 0 aliphatic carbocycles. The molecule has 3 aromatic rings. The Bertz CT molecular complexity index is 1230. The molecule has 214 valence electrons. The largest absolute Gasteiger partial charge is 0.490 e. The van der Waals surface area contributed by atoms with Crippen LogP contribution < -0.4 is 4.74 Å². The lowest BCUT2D eigenvalue weighted by atomic mass is 9.95. The smallest absolute Gasteiger partial charge is 0.201 e. The molecule has 0 radical (unpaired) electrons. The van der Waals surface area contributed by atoms with E-state index >= 15 is 4.39 Å². The summed E-state index contributed by atoms with van der Waals surface area (Å²) >= 11 is 0. The summed E-state index contributed by atoms with van der Waals surface area (Å²) in [5.41, 5.74) is 2.54. The molecule has 40 heavy (non-hydrogen) atoms. The van der Waals surface area contributed by atoms with Crippen LogP contribution in [0.5, 0.6) is 5.75 Å². The van der Waals surface area contributed by atoms with Crippen molar-refractivity contribution in [2.75, 3.05) is 19.8 Å². The van der Waals surface area contributed by atoms with E-state index in [-0.39, 0.29) is 35.9 Å². The highest BCUT2D eigenvalue weighted by molar-refractivity contribution is 5.71. The normalized spacial score (nSPS) is 17.1. The van der Waals surface area contributed by atoms with Gasteiger partial charge in [0.05, 0.1) is 19.8 Å². The van der Waals surface area contributed by atoms with E-state index in [0.717, 1.165) is 24.8 Å². The highest BCUT2D eigenvalue weighted by Crippen LogP contribution is 2.33. The molecule has 1 heterocycles. The van der Waals surface area contributed by atoms with Gasteiger partial charge in [0.15, 0.2) is 17.9 Å². The van der Waals surface area contributed by atoms with Crippen LogP contribution in [-0.4, -0.2) is 26.1 Å². The van der Waals surface area contributed by atoms with Gasteiger partial charge in [-0.05, 0) is 60.6 Å². The van der Waals surface area contributed by atoms with Crippen LogP contribution in [0.3, 0.4) is 0 Å². The van der Waals surface area contributed by atoms with Crippen molar-refractivity contribution in [3.63, 3.8) is 0 Å². The lowest BCUT2D eigenvalue weighted by Gasteiger charge is -2.30. The molecule has 1 aliphatic heterocycles. The van der Waals surface area contributed by atoms with Gasteiger partial charge in [-0.15, -0.1) is 6.58 Å². The van der Waals surface area contributed by atoms with Crippen molar-refractivity contribution in [3.8, 4) is 28.0 Å². The molecule has 0 bridgehead atoms. The Balaban J connectivity index is 1.36. The van der Waals surface area contributed by atoms with E-state index in [1.54, 1.807) is 36.4 Å². The molecule has 4 rings (SSSR count). The summed E-state index contributed by atoms with van der Waals surface area (Å²) in [6, 6.07) is 14.9. The van der Waals surface area contributed by atoms with Gasteiger partial charge in [0.1, 0.15) is 5.82 Å². The average Bonchev–Trinajstić information content (AvgIpc) is 2.98. The SMILES string of the molecule is C=CCCCOc1ccc(-c2ccc(-c3ccc(C4COC(CCCCCCC)OC4)cc3F)cc2)c(F)c1F. The van der Waals surface area contributed by atoms with Crippen LogP contribution in [0.2, 0.25) is 0 Å².